The Morgan fingerprint density at radius 2 is 1.81 bits per heavy atom. The monoisotopic (exact) mass is 349 g/mol. The zero-order valence-corrected chi connectivity index (χ0v) is 15.1. The van der Waals surface area contributed by atoms with E-state index in [1.54, 1.807) is 0 Å². The number of hydrogen-bond donors (Lipinski definition) is 0. The number of benzene rings is 2. The van der Waals surface area contributed by atoms with Crippen LogP contribution < -0.4 is 4.74 Å². The minimum absolute atomic E-state index is 0.189. The number of ether oxygens (including phenoxy) is 1. The summed E-state index contributed by atoms with van der Waals surface area (Å²) in [5, 5.41) is 4.22. The molecule has 0 bridgehead atoms. The highest BCUT2D eigenvalue weighted by atomic mass is 16.5. The number of aromatic nitrogens is 2. The summed E-state index contributed by atoms with van der Waals surface area (Å²) in [6, 6.07) is 18.1. The van der Waals surface area contributed by atoms with Gasteiger partial charge < -0.3 is 9.26 Å². The number of para-hydroxylation sites is 1. The van der Waals surface area contributed by atoms with E-state index in [0.717, 1.165) is 16.9 Å². The van der Waals surface area contributed by atoms with Crippen LogP contribution in [0.3, 0.4) is 0 Å². The first-order valence-corrected chi connectivity index (χ1v) is 8.98. The van der Waals surface area contributed by atoms with Gasteiger partial charge in [0.1, 0.15) is 12.4 Å². The molecule has 3 aromatic rings. The molecule has 4 rings (SSSR count). The maximum absolute atomic E-state index is 6.02. The van der Waals surface area contributed by atoms with Crippen molar-refractivity contribution in [3.05, 3.63) is 66.1 Å². The molecule has 0 radical (unpaired) electrons. The second-order valence-electron chi connectivity index (χ2n) is 6.97. The van der Waals surface area contributed by atoms with Crippen molar-refractivity contribution in [2.24, 2.45) is 5.92 Å². The summed E-state index contributed by atoms with van der Waals surface area (Å²) in [7, 11) is 4.12. The van der Waals surface area contributed by atoms with E-state index in [4.69, 9.17) is 9.26 Å². The molecular weight excluding hydrogens is 326 g/mol. The molecule has 1 aromatic heterocycles. The third-order valence-electron chi connectivity index (χ3n) is 4.68. The molecule has 134 valence electrons. The van der Waals surface area contributed by atoms with Gasteiger partial charge in [-0.3, -0.25) is 4.90 Å². The second kappa shape index (κ2) is 7.30. The van der Waals surface area contributed by atoms with Crippen molar-refractivity contribution in [3.8, 4) is 17.1 Å². The lowest BCUT2D eigenvalue weighted by molar-refractivity contribution is 0.207. The van der Waals surface area contributed by atoms with Gasteiger partial charge in [0.15, 0.2) is 0 Å². The predicted molar refractivity (Wildman–Crippen MR) is 99.7 cm³/mol. The zero-order valence-electron chi connectivity index (χ0n) is 15.1. The van der Waals surface area contributed by atoms with Gasteiger partial charge in [-0.05, 0) is 50.6 Å². The Morgan fingerprint density at radius 1 is 1.08 bits per heavy atom. The van der Waals surface area contributed by atoms with Crippen molar-refractivity contribution >= 4 is 0 Å². The summed E-state index contributed by atoms with van der Waals surface area (Å²) in [4.78, 5) is 6.84. The molecule has 0 aliphatic heterocycles. The van der Waals surface area contributed by atoms with Gasteiger partial charge in [-0.15, -0.1) is 0 Å². The highest BCUT2D eigenvalue weighted by Gasteiger charge is 2.37. The third-order valence-corrected chi connectivity index (χ3v) is 4.68. The lowest BCUT2D eigenvalue weighted by atomic mass is 10.1. The Bertz CT molecular complexity index is 854. The van der Waals surface area contributed by atoms with E-state index in [-0.39, 0.29) is 6.04 Å². The maximum atomic E-state index is 6.02. The topological polar surface area (TPSA) is 51.4 Å². The molecule has 0 amide bonds. The zero-order chi connectivity index (χ0) is 17.9. The van der Waals surface area contributed by atoms with Gasteiger partial charge in [-0.2, -0.15) is 4.98 Å². The molecule has 5 nitrogen and oxygen atoms in total. The van der Waals surface area contributed by atoms with Gasteiger partial charge in [0, 0.05) is 0 Å². The first kappa shape index (κ1) is 16.8. The molecule has 1 aliphatic rings. The standard InChI is InChI=1S/C21H23N3O2/c1-24(2)19(16-12-13-16)21-22-20(23-26-21)17-10-6-7-11-18(17)25-14-15-8-4-3-5-9-15/h3-11,16,19H,12-14H2,1-2H3/t19-/m0/s1. The molecule has 2 aromatic carbocycles. The third kappa shape index (κ3) is 3.63. The van der Waals surface area contributed by atoms with Gasteiger partial charge in [-0.1, -0.05) is 47.6 Å². The average molecular weight is 349 g/mol. The van der Waals surface area contributed by atoms with Crippen LogP contribution in [-0.2, 0) is 6.61 Å². The highest BCUT2D eigenvalue weighted by molar-refractivity contribution is 5.63. The smallest absolute Gasteiger partial charge is 0.244 e. The predicted octanol–water partition coefficient (Wildman–Crippen LogP) is 4.33. The van der Waals surface area contributed by atoms with E-state index in [1.807, 2.05) is 54.6 Å². The molecule has 1 aliphatic carbocycles. The Balaban J connectivity index is 1.56. The fourth-order valence-electron chi connectivity index (χ4n) is 3.23. The Hall–Kier alpha value is -2.66. The van der Waals surface area contributed by atoms with E-state index >= 15 is 0 Å². The van der Waals surface area contributed by atoms with Crippen LogP contribution in [0.15, 0.2) is 59.1 Å². The summed E-state index contributed by atoms with van der Waals surface area (Å²) in [5.41, 5.74) is 1.98. The van der Waals surface area contributed by atoms with Crippen molar-refractivity contribution in [1.82, 2.24) is 15.0 Å². The number of nitrogens with zero attached hydrogens (tertiary/aromatic N) is 3. The van der Waals surface area contributed by atoms with Crippen LogP contribution in [-0.4, -0.2) is 29.1 Å². The fourth-order valence-corrected chi connectivity index (χ4v) is 3.23. The molecule has 0 saturated heterocycles. The van der Waals surface area contributed by atoms with Crippen molar-refractivity contribution in [1.29, 1.82) is 0 Å². The van der Waals surface area contributed by atoms with E-state index in [1.165, 1.54) is 12.8 Å². The molecule has 0 N–H and O–H groups in total. The maximum Gasteiger partial charge on any atom is 0.244 e. The van der Waals surface area contributed by atoms with E-state index in [2.05, 4.69) is 29.1 Å². The number of rotatable bonds is 7. The van der Waals surface area contributed by atoms with Crippen molar-refractivity contribution in [3.63, 3.8) is 0 Å². The van der Waals surface area contributed by atoms with E-state index in [0.29, 0.717) is 24.2 Å². The summed E-state index contributed by atoms with van der Waals surface area (Å²) >= 11 is 0. The van der Waals surface area contributed by atoms with Crippen LogP contribution in [0.1, 0.15) is 30.3 Å². The minimum Gasteiger partial charge on any atom is -0.488 e. The van der Waals surface area contributed by atoms with Crippen LogP contribution in [0.5, 0.6) is 5.75 Å². The lowest BCUT2D eigenvalue weighted by Crippen LogP contribution is -2.22. The largest absolute Gasteiger partial charge is 0.488 e. The summed E-state index contributed by atoms with van der Waals surface area (Å²) in [5.74, 6) is 2.64. The van der Waals surface area contributed by atoms with Crippen LogP contribution in [0.25, 0.3) is 11.4 Å². The van der Waals surface area contributed by atoms with E-state index < -0.39 is 0 Å². The van der Waals surface area contributed by atoms with Crippen LogP contribution in [0, 0.1) is 5.92 Å². The molecular formula is C21H23N3O2. The molecule has 1 saturated carbocycles. The molecule has 0 unspecified atom stereocenters. The average Bonchev–Trinajstić information content (AvgIpc) is 3.37. The van der Waals surface area contributed by atoms with Crippen LogP contribution in [0.4, 0.5) is 0 Å². The minimum atomic E-state index is 0.189. The molecule has 1 heterocycles. The summed E-state index contributed by atoms with van der Waals surface area (Å²) < 4.78 is 11.6. The summed E-state index contributed by atoms with van der Waals surface area (Å²) in [6.45, 7) is 0.505. The van der Waals surface area contributed by atoms with Crippen molar-refractivity contribution in [2.45, 2.75) is 25.5 Å². The SMILES string of the molecule is CN(C)[C@H](c1nc(-c2ccccc2OCc2ccccc2)no1)C1CC1. The van der Waals surface area contributed by atoms with Crippen molar-refractivity contribution in [2.75, 3.05) is 14.1 Å². The lowest BCUT2D eigenvalue weighted by Gasteiger charge is -2.19. The van der Waals surface area contributed by atoms with Gasteiger partial charge >= 0.3 is 0 Å². The molecule has 5 heteroatoms. The van der Waals surface area contributed by atoms with Crippen LogP contribution >= 0.6 is 0 Å². The molecule has 1 atom stereocenters. The van der Waals surface area contributed by atoms with Crippen LogP contribution in [0.2, 0.25) is 0 Å². The fraction of sp³-hybridized carbons (Fsp3) is 0.333. The van der Waals surface area contributed by atoms with Gasteiger partial charge in [0.2, 0.25) is 11.7 Å². The van der Waals surface area contributed by atoms with Gasteiger partial charge in [-0.25, -0.2) is 0 Å². The highest BCUT2D eigenvalue weighted by Crippen LogP contribution is 2.43. The Morgan fingerprint density at radius 3 is 2.54 bits per heavy atom. The first-order valence-electron chi connectivity index (χ1n) is 8.98. The quantitative estimate of drug-likeness (QED) is 0.635. The second-order valence-corrected chi connectivity index (χ2v) is 6.97. The van der Waals surface area contributed by atoms with E-state index in [9.17, 15) is 0 Å². The summed E-state index contributed by atoms with van der Waals surface area (Å²) in [6.07, 6.45) is 2.44. The Kier molecular flexibility index (Phi) is 4.71. The Labute approximate surface area is 153 Å². The van der Waals surface area contributed by atoms with Crippen molar-refractivity contribution < 1.29 is 9.26 Å². The normalized spacial score (nSPS) is 15.2. The molecule has 26 heavy (non-hydrogen) atoms. The molecule has 0 spiro atoms. The first-order chi connectivity index (χ1) is 12.7. The number of hydrogen-bond acceptors (Lipinski definition) is 5. The van der Waals surface area contributed by atoms with Gasteiger partial charge in [0.05, 0.1) is 11.6 Å². The molecule has 1 fully saturated rings. The van der Waals surface area contributed by atoms with Gasteiger partial charge in [0.25, 0.3) is 0 Å².